The zero-order valence-corrected chi connectivity index (χ0v) is 10.4. The van der Waals surface area contributed by atoms with Gasteiger partial charge in [-0.25, -0.2) is 0 Å². The molecule has 1 N–H and O–H groups in total. The Morgan fingerprint density at radius 2 is 2.44 bits per heavy atom. The molecule has 4 nitrogen and oxygen atoms in total. The first-order valence-electron chi connectivity index (χ1n) is 5.92. The lowest BCUT2D eigenvalue weighted by molar-refractivity contribution is 0.199. The van der Waals surface area contributed by atoms with E-state index >= 15 is 0 Å². The molecular formula is C12H21N3O. The smallest absolute Gasteiger partial charge is 0.0628 e. The number of methoxy groups -OCH3 is 1. The van der Waals surface area contributed by atoms with Crippen LogP contribution in [0.5, 0.6) is 0 Å². The van der Waals surface area contributed by atoms with Crippen LogP contribution in [0.1, 0.15) is 23.6 Å². The van der Waals surface area contributed by atoms with Gasteiger partial charge in [0.1, 0.15) is 0 Å². The summed E-state index contributed by atoms with van der Waals surface area (Å²) in [6.07, 6.45) is 3.46. The van der Waals surface area contributed by atoms with Gasteiger partial charge >= 0.3 is 0 Å². The molecule has 0 saturated heterocycles. The highest BCUT2D eigenvalue weighted by Crippen LogP contribution is 2.47. The van der Waals surface area contributed by atoms with Crippen LogP contribution in [-0.4, -0.2) is 36.6 Å². The quantitative estimate of drug-likeness (QED) is 0.733. The van der Waals surface area contributed by atoms with E-state index in [9.17, 15) is 0 Å². The van der Waals surface area contributed by atoms with Crippen LogP contribution in [-0.2, 0) is 11.8 Å². The molecule has 0 radical (unpaired) electrons. The molecule has 0 aromatic carbocycles. The van der Waals surface area contributed by atoms with Crippen molar-refractivity contribution in [3.63, 3.8) is 0 Å². The lowest BCUT2D eigenvalue weighted by Gasteiger charge is -2.02. The normalized spacial score (nSPS) is 23.7. The first-order chi connectivity index (χ1) is 7.72. The number of aromatic nitrogens is 2. The minimum absolute atomic E-state index is 0.726. The van der Waals surface area contributed by atoms with Crippen molar-refractivity contribution in [3.8, 4) is 0 Å². The molecule has 1 aromatic rings. The maximum atomic E-state index is 5.00. The summed E-state index contributed by atoms with van der Waals surface area (Å²) in [7, 11) is 3.73. The largest absolute Gasteiger partial charge is 0.383 e. The van der Waals surface area contributed by atoms with E-state index in [1.807, 2.05) is 11.7 Å². The van der Waals surface area contributed by atoms with E-state index in [0.717, 1.165) is 31.5 Å². The molecule has 0 spiro atoms. The first-order valence-corrected chi connectivity index (χ1v) is 5.92. The monoisotopic (exact) mass is 223 g/mol. The molecule has 1 fully saturated rings. The molecule has 1 aliphatic rings. The maximum Gasteiger partial charge on any atom is 0.0628 e. The molecule has 2 atom stereocenters. The Bertz CT molecular complexity index is 348. The highest BCUT2D eigenvalue weighted by Gasteiger charge is 2.39. The van der Waals surface area contributed by atoms with Gasteiger partial charge in [-0.05, 0) is 37.3 Å². The minimum Gasteiger partial charge on any atom is -0.383 e. The van der Waals surface area contributed by atoms with Crippen molar-refractivity contribution < 1.29 is 4.74 Å². The van der Waals surface area contributed by atoms with Gasteiger partial charge in [0.2, 0.25) is 0 Å². The van der Waals surface area contributed by atoms with Gasteiger partial charge < -0.3 is 10.1 Å². The summed E-state index contributed by atoms with van der Waals surface area (Å²) in [4.78, 5) is 0. The van der Waals surface area contributed by atoms with E-state index in [1.54, 1.807) is 7.11 Å². The van der Waals surface area contributed by atoms with Crippen molar-refractivity contribution in [1.82, 2.24) is 15.1 Å². The fraction of sp³-hybridized carbons (Fsp3) is 0.750. The van der Waals surface area contributed by atoms with Gasteiger partial charge in [0, 0.05) is 26.9 Å². The van der Waals surface area contributed by atoms with Gasteiger partial charge in [-0.1, -0.05) is 0 Å². The molecule has 90 valence electrons. The molecule has 0 amide bonds. The second-order valence-corrected chi connectivity index (χ2v) is 4.64. The Kier molecular flexibility index (Phi) is 3.61. The number of hydrogen-bond donors (Lipinski definition) is 1. The van der Waals surface area contributed by atoms with Gasteiger partial charge in [-0.15, -0.1) is 0 Å². The molecule has 0 bridgehead atoms. The summed E-state index contributed by atoms with van der Waals surface area (Å²) in [5.41, 5.74) is 2.62. The summed E-state index contributed by atoms with van der Waals surface area (Å²) in [6, 6.07) is 0. The van der Waals surface area contributed by atoms with Crippen molar-refractivity contribution in [2.24, 2.45) is 13.0 Å². The Morgan fingerprint density at radius 1 is 1.62 bits per heavy atom. The second-order valence-electron chi connectivity index (χ2n) is 4.64. The Balaban J connectivity index is 1.76. The van der Waals surface area contributed by atoms with Crippen LogP contribution in [0.2, 0.25) is 0 Å². The van der Waals surface area contributed by atoms with Crippen LogP contribution in [0.15, 0.2) is 6.20 Å². The molecule has 4 heteroatoms. The van der Waals surface area contributed by atoms with Crippen LogP contribution >= 0.6 is 0 Å². The third kappa shape index (κ3) is 2.62. The molecule has 1 aromatic heterocycles. The number of ether oxygens (including phenoxy) is 1. The summed E-state index contributed by atoms with van der Waals surface area (Å²) >= 11 is 0. The standard InChI is InChI=1S/C12H21N3O/c1-9-12(8-15(2)14-9)11-6-10(11)7-13-4-5-16-3/h8,10-11,13H,4-7H2,1-3H3. The minimum atomic E-state index is 0.726. The third-order valence-corrected chi connectivity index (χ3v) is 3.26. The van der Waals surface area contributed by atoms with Gasteiger partial charge in [-0.2, -0.15) is 5.10 Å². The molecule has 1 aliphatic carbocycles. The first kappa shape index (κ1) is 11.6. The SMILES string of the molecule is COCCNCC1CC1c1cn(C)nc1C. The molecule has 2 unspecified atom stereocenters. The van der Waals surface area contributed by atoms with Crippen LogP contribution in [0, 0.1) is 12.8 Å². The van der Waals surface area contributed by atoms with Gasteiger partial charge in [-0.3, -0.25) is 4.68 Å². The molecule has 1 heterocycles. The van der Waals surface area contributed by atoms with Gasteiger partial charge in [0.15, 0.2) is 0 Å². The zero-order valence-electron chi connectivity index (χ0n) is 10.4. The van der Waals surface area contributed by atoms with E-state index in [0.29, 0.717) is 0 Å². The van der Waals surface area contributed by atoms with E-state index in [1.165, 1.54) is 17.7 Å². The zero-order chi connectivity index (χ0) is 11.5. The summed E-state index contributed by atoms with van der Waals surface area (Å²) in [5, 5.41) is 7.81. The number of nitrogens with one attached hydrogen (secondary N) is 1. The number of rotatable bonds is 6. The number of hydrogen-bond acceptors (Lipinski definition) is 3. The van der Waals surface area contributed by atoms with E-state index < -0.39 is 0 Å². The summed E-state index contributed by atoms with van der Waals surface area (Å²) in [5.74, 6) is 1.52. The number of nitrogens with zero attached hydrogens (tertiary/aromatic N) is 2. The fourth-order valence-electron chi connectivity index (χ4n) is 2.30. The molecule has 0 aliphatic heterocycles. The van der Waals surface area contributed by atoms with Crippen LogP contribution in [0.3, 0.4) is 0 Å². The number of aryl methyl sites for hydroxylation is 2. The van der Waals surface area contributed by atoms with Crippen LogP contribution in [0.4, 0.5) is 0 Å². The third-order valence-electron chi connectivity index (χ3n) is 3.26. The topological polar surface area (TPSA) is 39.1 Å². The Hall–Kier alpha value is -0.870. The summed E-state index contributed by atoms with van der Waals surface area (Å²) < 4.78 is 6.92. The van der Waals surface area contributed by atoms with Crippen molar-refractivity contribution in [2.45, 2.75) is 19.3 Å². The average Bonchev–Trinajstić information content (AvgIpc) is 2.93. The Labute approximate surface area is 97.0 Å². The predicted molar refractivity (Wildman–Crippen MR) is 63.5 cm³/mol. The van der Waals surface area contributed by atoms with Gasteiger partial charge in [0.25, 0.3) is 0 Å². The fourth-order valence-corrected chi connectivity index (χ4v) is 2.30. The predicted octanol–water partition coefficient (Wildman–Crippen LogP) is 1.07. The van der Waals surface area contributed by atoms with Gasteiger partial charge in [0.05, 0.1) is 12.3 Å². The highest BCUT2D eigenvalue weighted by atomic mass is 16.5. The lowest BCUT2D eigenvalue weighted by atomic mass is 10.1. The van der Waals surface area contributed by atoms with E-state index in [4.69, 9.17) is 4.74 Å². The molecular weight excluding hydrogens is 202 g/mol. The van der Waals surface area contributed by atoms with E-state index in [2.05, 4.69) is 23.5 Å². The molecule has 2 rings (SSSR count). The molecule has 16 heavy (non-hydrogen) atoms. The lowest BCUT2D eigenvalue weighted by Crippen LogP contribution is -2.21. The second kappa shape index (κ2) is 4.97. The summed E-state index contributed by atoms with van der Waals surface area (Å²) in [6.45, 7) is 4.94. The van der Waals surface area contributed by atoms with Crippen molar-refractivity contribution in [3.05, 3.63) is 17.5 Å². The van der Waals surface area contributed by atoms with Crippen LogP contribution in [0.25, 0.3) is 0 Å². The Morgan fingerprint density at radius 3 is 3.06 bits per heavy atom. The van der Waals surface area contributed by atoms with Crippen molar-refractivity contribution in [1.29, 1.82) is 0 Å². The highest BCUT2D eigenvalue weighted by molar-refractivity contribution is 5.27. The van der Waals surface area contributed by atoms with Crippen molar-refractivity contribution in [2.75, 3.05) is 26.8 Å². The molecule has 1 saturated carbocycles. The average molecular weight is 223 g/mol. The van der Waals surface area contributed by atoms with E-state index in [-0.39, 0.29) is 0 Å². The van der Waals surface area contributed by atoms with Crippen LogP contribution < -0.4 is 5.32 Å². The maximum absolute atomic E-state index is 5.00. The van der Waals surface area contributed by atoms with Crippen molar-refractivity contribution >= 4 is 0 Å².